The minimum atomic E-state index is 0.417. The van der Waals surface area contributed by atoms with Crippen LogP contribution in [0.2, 0.25) is 0 Å². The fraction of sp³-hybridized carbons (Fsp3) is 0.500. The molecule has 3 rings (SSSR count). The Bertz CT molecular complexity index is 535. The van der Waals surface area contributed by atoms with Crippen molar-refractivity contribution in [3.8, 4) is 0 Å². The average Bonchev–Trinajstić information content (AvgIpc) is 3.00. The fourth-order valence-corrected chi connectivity index (χ4v) is 3.60. The maximum atomic E-state index is 5.38. The summed E-state index contributed by atoms with van der Waals surface area (Å²) in [6.07, 6.45) is 2.00. The van der Waals surface area contributed by atoms with E-state index in [9.17, 15) is 0 Å². The molecule has 4 nitrogen and oxygen atoms in total. The smallest absolute Gasteiger partial charge is 0.0558 e. The fourth-order valence-electron chi connectivity index (χ4n) is 2.94. The second-order valence-corrected chi connectivity index (χ2v) is 5.91. The van der Waals surface area contributed by atoms with Crippen LogP contribution in [0, 0.1) is 0 Å². The number of ether oxygens (including phenoxy) is 1. The number of hydrogen-bond acceptors (Lipinski definition) is 4. The lowest BCUT2D eigenvalue weighted by atomic mass is 9.96. The number of fused-ring (bicyclic) bond motifs is 1. The number of hydrogen-bond donors (Lipinski definition) is 0. The molecule has 0 N–H and O–H groups in total. The van der Waals surface area contributed by atoms with Crippen molar-refractivity contribution < 1.29 is 4.74 Å². The van der Waals surface area contributed by atoms with Crippen molar-refractivity contribution in [3.05, 3.63) is 39.8 Å². The predicted molar refractivity (Wildman–Crippen MR) is 76.3 cm³/mol. The Labute approximate surface area is 117 Å². The Morgan fingerprint density at radius 2 is 2.42 bits per heavy atom. The summed E-state index contributed by atoms with van der Waals surface area (Å²) in [7, 11) is 3.80. The second kappa shape index (κ2) is 5.45. The van der Waals surface area contributed by atoms with Gasteiger partial charge in [0.25, 0.3) is 0 Å². The summed E-state index contributed by atoms with van der Waals surface area (Å²) in [5.41, 5.74) is 4.07. The molecule has 0 aromatic carbocycles. The van der Waals surface area contributed by atoms with E-state index in [1.807, 2.05) is 17.9 Å². The molecule has 2 aromatic rings. The van der Waals surface area contributed by atoms with Crippen LogP contribution in [0.3, 0.4) is 0 Å². The number of thiophene rings is 1. The molecule has 3 heterocycles. The molecule has 2 aromatic heterocycles. The molecule has 1 atom stereocenters. The van der Waals surface area contributed by atoms with Crippen LogP contribution in [0.25, 0.3) is 0 Å². The monoisotopic (exact) mass is 277 g/mol. The van der Waals surface area contributed by atoms with Crippen molar-refractivity contribution in [1.82, 2.24) is 14.7 Å². The molecule has 19 heavy (non-hydrogen) atoms. The van der Waals surface area contributed by atoms with Gasteiger partial charge in [-0.2, -0.15) is 16.4 Å². The van der Waals surface area contributed by atoms with Crippen LogP contribution < -0.4 is 0 Å². The van der Waals surface area contributed by atoms with E-state index in [0.29, 0.717) is 5.92 Å². The largest absolute Gasteiger partial charge is 0.384 e. The molecule has 0 fully saturated rings. The molecule has 1 aliphatic rings. The molecule has 0 radical (unpaired) electrons. The van der Waals surface area contributed by atoms with E-state index in [1.165, 1.54) is 16.8 Å². The topological polar surface area (TPSA) is 30.3 Å². The highest BCUT2D eigenvalue weighted by atomic mass is 32.1. The van der Waals surface area contributed by atoms with Gasteiger partial charge in [0.2, 0.25) is 0 Å². The van der Waals surface area contributed by atoms with E-state index in [2.05, 4.69) is 26.8 Å². The van der Waals surface area contributed by atoms with Gasteiger partial charge in [-0.25, -0.2) is 0 Å². The van der Waals surface area contributed by atoms with Gasteiger partial charge in [0, 0.05) is 51.0 Å². The summed E-state index contributed by atoms with van der Waals surface area (Å²) in [6.45, 7) is 3.79. The van der Waals surface area contributed by atoms with E-state index < -0.39 is 0 Å². The predicted octanol–water partition coefficient (Wildman–Crippen LogP) is 2.23. The average molecular weight is 277 g/mol. The van der Waals surface area contributed by atoms with Crippen LogP contribution in [-0.2, 0) is 24.9 Å². The summed E-state index contributed by atoms with van der Waals surface area (Å²) in [5, 5.41) is 8.77. The molecule has 0 saturated carbocycles. The third-order valence-corrected chi connectivity index (χ3v) is 4.41. The molecule has 0 bridgehead atoms. The van der Waals surface area contributed by atoms with Crippen molar-refractivity contribution in [2.45, 2.75) is 19.0 Å². The van der Waals surface area contributed by atoms with Crippen molar-refractivity contribution in [1.29, 1.82) is 0 Å². The van der Waals surface area contributed by atoms with Crippen LogP contribution in [0.5, 0.6) is 0 Å². The lowest BCUT2D eigenvalue weighted by Crippen LogP contribution is -2.35. The summed E-state index contributed by atoms with van der Waals surface area (Å²) in [6, 6.07) is 2.20. The quantitative estimate of drug-likeness (QED) is 0.858. The van der Waals surface area contributed by atoms with Crippen molar-refractivity contribution in [3.63, 3.8) is 0 Å². The number of nitrogens with zero attached hydrogens (tertiary/aromatic N) is 3. The summed E-state index contributed by atoms with van der Waals surface area (Å²) in [5.74, 6) is 0.417. The lowest BCUT2D eigenvalue weighted by molar-refractivity contribution is 0.133. The molecular formula is C14H19N3OS. The first-order valence-corrected chi connectivity index (χ1v) is 7.45. The zero-order valence-electron chi connectivity index (χ0n) is 11.4. The Kier molecular flexibility index (Phi) is 3.68. The van der Waals surface area contributed by atoms with Crippen molar-refractivity contribution in [2.24, 2.45) is 7.05 Å². The van der Waals surface area contributed by atoms with Crippen LogP contribution in [0.15, 0.2) is 23.0 Å². The van der Waals surface area contributed by atoms with Gasteiger partial charge < -0.3 is 4.74 Å². The summed E-state index contributed by atoms with van der Waals surface area (Å²) >= 11 is 1.76. The number of rotatable bonds is 4. The molecule has 102 valence electrons. The minimum Gasteiger partial charge on any atom is -0.384 e. The Hall–Kier alpha value is -1.17. The second-order valence-electron chi connectivity index (χ2n) is 5.13. The Morgan fingerprint density at radius 3 is 3.16 bits per heavy atom. The highest BCUT2D eigenvalue weighted by Gasteiger charge is 2.28. The van der Waals surface area contributed by atoms with Gasteiger partial charge in [-0.15, -0.1) is 0 Å². The van der Waals surface area contributed by atoms with Gasteiger partial charge in [-0.05, 0) is 22.4 Å². The molecule has 0 saturated heterocycles. The molecule has 1 aliphatic heterocycles. The van der Waals surface area contributed by atoms with E-state index in [4.69, 9.17) is 4.74 Å². The number of aromatic nitrogens is 2. The van der Waals surface area contributed by atoms with E-state index in [1.54, 1.807) is 18.4 Å². The molecule has 1 unspecified atom stereocenters. The normalized spacial score (nSPS) is 19.6. The van der Waals surface area contributed by atoms with Gasteiger partial charge in [-0.1, -0.05) is 0 Å². The maximum Gasteiger partial charge on any atom is 0.0558 e. The number of aryl methyl sites for hydroxylation is 1. The molecule has 0 amide bonds. The molecule has 0 spiro atoms. The van der Waals surface area contributed by atoms with Gasteiger partial charge in [0.15, 0.2) is 0 Å². The third kappa shape index (κ3) is 2.59. The van der Waals surface area contributed by atoms with Crippen LogP contribution in [-0.4, -0.2) is 34.9 Å². The maximum absolute atomic E-state index is 5.38. The van der Waals surface area contributed by atoms with Crippen LogP contribution in [0.4, 0.5) is 0 Å². The Morgan fingerprint density at radius 1 is 1.53 bits per heavy atom. The van der Waals surface area contributed by atoms with Gasteiger partial charge in [0.05, 0.1) is 12.8 Å². The number of methoxy groups -OCH3 is 1. The van der Waals surface area contributed by atoms with Gasteiger partial charge in [-0.3, -0.25) is 9.58 Å². The van der Waals surface area contributed by atoms with E-state index in [-0.39, 0.29) is 0 Å². The van der Waals surface area contributed by atoms with E-state index in [0.717, 1.165) is 26.2 Å². The SMILES string of the molecule is COCC1CN(Cc2ccsc2)Cc2cnn(C)c21. The molecular weight excluding hydrogens is 258 g/mol. The highest BCUT2D eigenvalue weighted by molar-refractivity contribution is 7.07. The standard InChI is InChI=1S/C14H19N3OS/c1-16-14-12(5-15-16)7-17(8-13(14)9-18-2)6-11-3-4-19-10-11/h3-5,10,13H,6-9H2,1-2H3. The van der Waals surface area contributed by atoms with Crippen LogP contribution in [0.1, 0.15) is 22.7 Å². The first-order valence-electron chi connectivity index (χ1n) is 6.51. The Balaban J connectivity index is 1.80. The minimum absolute atomic E-state index is 0.417. The first-order chi connectivity index (χ1) is 9.28. The highest BCUT2D eigenvalue weighted by Crippen LogP contribution is 2.29. The van der Waals surface area contributed by atoms with Crippen molar-refractivity contribution in [2.75, 3.05) is 20.3 Å². The first kappa shape index (κ1) is 12.8. The van der Waals surface area contributed by atoms with Gasteiger partial charge >= 0.3 is 0 Å². The van der Waals surface area contributed by atoms with Gasteiger partial charge in [0.1, 0.15) is 0 Å². The third-order valence-electron chi connectivity index (χ3n) is 3.68. The summed E-state index contributed by atoms with van der Waals surface area (Å²) < 4.78 is 7.38. The lowest BCUT2D eigenvalue weighted by Gasteiger charge is -2.32. The zero-order chi connectivity index (χ0) is 13.2. The van der Waals surface area contributed by atoms with E-state index >= 15 is 0 Å². The molecule has 5 heteroatoms. The zero-order valence-corrected chi connectivity index (χ0v) is 12.2. The summed E-state index contributed by atoms with van der Waals surface area (Å²) in [4.78, 5) is 2.48. The van der Waals surface area contributed by atoms with Crippen LogP contribution >= 0.6 is 11.3 Å². The van der Waals surface area contributed by atoms with Crippen molar-refractivity contribution >= 4 is 11.3 Å². The molecule has 0 aliphatic carbocycles.